The van der Waals surface area contributed by atoms with E-state index in [1.807, 2.05) is 0 Å². The summed E-state index contributed by atoms with van der Waals surface area (Å²) in [4.78, 5) is 2.48. The molecule has 0 spiro atoms. The number of phenolic OH excluding ortho intramolecular Hbond substituents is 1. The fraction of sp³-hybridized carbons (Fsp3) is 0.571. The Bertz CT molecular complexity index is 437. The first kappa shape index (κ1) is 11.8. The topological polar surface area (TPSA) is 35.5 Å². The second-order valence-electron chi connectivity index (χ2n) is 5.53. The van der Waals surface area contributed by atoms with Crippen molar-refractivity contribution in [3.05, 3.63) is 24.0 Å². The Morgan fingerprint density at radius 1 is 1.28 bits per heavy atom. The molecule has 0 saturated carbocycles. The zero-order valence-corrected chi connectivity index (χ0v) is 10.6. The molecular weight excluding hydrogens is 231 g/mol. The molecule has 2 heterocycles. The lowest BCUT2D eigenvalue weighted by molar-refractivity contribution is 0.169. The number of anilines is 1. The van der Waals surface area contributed by atoms with E-state index in [-0.39, 0.29) is 5.75 Å². The van der Waals surface area contributed by atoms with Crippen molar-refractivity contribution in [1.82, 2.24) is 4.90 Å². The summed E-state index contributed by atoms with van der Waals surface area (Å²) < 4.78 is 13.3. The molecule has 2 fully saturated rings. The van der Waals surface area contributed by atoms with Crippen LogP contribution in [0.5, 0.6) is 5.75 Å². The van der Waals surface area contributed by atoms with E-state index in [1.54, 1.807) is 6.07 Å². The molecule has 1 aromatic rings. The summed E-state index contributed by atoms with van der Waals surface area (Å²) in [5.41, 5.74) is 0.763. The van der Waals surface area contributed by atoms with E-state index in [9.17, 15) is 4.39 Å². The van der Waals surface area contributed by atoms with Crippen LogP contribution in [0.25, 0.3) is 0 Å². The third-order valence-electron chi connectivity index (χ3n) is 4.42. The molecule has 2 aliphatic heterocycles. The molecule has 2 N–H and O–H groups in total. The standard InChI is InChI=1S/C14H19FN2O/c1-17-11-3-4-12(17)7-10(6-11)16-9-2-5-14(18)13(15)8-9/h2,5,8,10-12,16,18H,3-4,6-7H2,1H3. The Hall–Kier alpha value is -1.29. The average molecular weight is 250 g/mol. The SMILES string of the molecule is CN1C2CCC1CC(Nc1ccc(O)c(F)c1)C2. The van der Waals surface area contributed by atoms with E-state index in [0.29, 0.717) is 18.1 Å². The number of piperidine rings is 1. The van der Waals surface area contributed by atoms with Crippen LogP contribution in [-0.4, -0.2) is 35.2 Å². The zero-order chi connectivity index (χ0) is 12.7. The molecule has 2 aliphatic rings. The fourth-order valence-corrected chi connectivity index (χ4v) is 3.36. The largest absolute Gasteiger partial charge is 0.505 e. The summed E-state index contributed by atoms with van der Waals surface area (Å²) >= 11 is 0. The summed E-state index contributed by atoms with van der Waals surface area (Å²) in [6.07, 6.45) is 4.80. The van der Waals surface area contributed by atoms with Gasteiger partial charge in [-0.15, -0.1) is 0 Å². The van der Waals surface area contributed by atoms with Crippen molar-refractivity contribution in [3.8, 4) is 5.75 Å². The number of benzene rings is 1. The predicted molar refractivity (Wildman–Crippen MR) is 69.3 cm³/mol. The zero-order valence-electron chi connectivity index (χ0n) is 10.6. The third-order valence-corrected chi connectivity index (χ3v) is 4.42. The Kier molecular flexibility index (Phi) is 2.90. The number of hydrogen-bond donors (Lipinski definition) is 2. The summed E-state index contributed by atoms with van der Waals surface area (Å²) in [5, 5.41) is 12.6. The molecule has 2 bridgehead atoms. The molecule has 98 valence electrons. The first-order valence-electron chi connectivity index (χ1n) is 6.60. The molecule has 2 unspecified atom stereocenters. The highest BCUT2D eigenvalue weighted by atomic mass is 19.1. The molecule has 1 aromatic carbocycles. The Balaban J connectivity index is 1.68. The van der Waals surface area contributed by atoms with Crippen LogP contribution in [0.2, 0.25) is 0 Å². The van der Waals surface area contributed by atoms with Crippen molar-refractivity contribution in [3.63, 3.8) is 0 Å². The van der Waals surface area contributed by atoms with Crippen molar-refractivity contribution in [2.45, 2.75) is 43.8 Å². The van der Waals surface area contributed by atoms with Crippen molar-refractivity contribution >= 4 is 5.69 Å². The molecule has 0 aliphatic carbocycles. The maximum absolute atomic E-state index is 13.3. The first-order valence-corrected chi connectivity index (χ1v) is 6.60. The minimum absolute atomic E-state index is 0.288. The van der Waals surface area contributed by atoms with E-state index in [2.05, 4.69) is 17.3 Å². The van der Waals surface area contributed by atoms with Crippen LogP contribution in [-0.2, 0) is 0 Å². The van der Waals surface area contributed by atoms with Gasteiger partial charge in [0.15, 0.2) is 11.6 Å². The third kappa shape index (κ3) is 2.05. The molecule has 0 radical (unpaired) electrons. The van der Waals surface area contributed by atoms with Crippen LogP contribution in [0.1, 0.15) is 25.7 Å². The number of rotatable bonds is 2. The van der Waals surface area contributed by atoms with Gasteiger partial charge in [0.1, 0.15) is 0 Å². The number of hydrogen-bond acceptors (Lipinski definition) is 3. The lowest BCUT2D eigenvalue weighted by Gasteiger charge is -2.37. The molecule has 18 heavy (non-hydrogen) atoms. The van der Waals surface area contributed by atoms with Crippen LogP contribution < -0.4 is 5.32 Å². The van der Waals surface area contributed by atoms with Gasteiger partial charge < -0.3 is 15.3 Å². The first-order chi connectivity index (χ1) is 8.63. The molecule has 3 nitrogen and oxygen atoms in total. The van der Waals surface area contributed by atoms with Gasteiger partial charge in [-0.2, -0.15) is 0 Å². The highest BCUT2D eigenvalue weighted by Gasteiger charge is 2.38. The Labute approximate surface area is 107 Å². The van der Waals surface area contributed by atoms with Gasteiger partial charge in [-0.25, -0.2) is 4.39 Å². The predicted octanol–water partition coefficient (Wildman–Crippen LogP) is 2.57. The van der Waals surface area contributed by atoms with Crippen molar-refractivity contribution in [1.29, 1.82) is 0 Å². The monoisotopic (exact) mass is 250 g/mol. The van der Waals surface area contributed by atoms with E-state index < -0.39 is 5.82 Å². The van der Waals surface area contributed by atoms with Gasteiger partial charge in [0.05, 0.1) is 0 Å². The van der Waals surface area contributed by atoms with Crippen molar-refractivity contribution in [2.75, 3.05) is 12.4 Å². The molecule has 3 rings (SSSR count). The quantitative estimate of drug-likeness (QED) is 0.792. The lowest BCUT2D eigenvalue weighted by atomic mass is 9.98. The number of halogens is 1. The molecular formula is C14H19FN2O. The molecule has 2 atom stereocenters. The number of nitrogens with zero attached hydrogens (tertiary/aromatic N) is 1. The van der Waals surface area contributed by atoms with Gasteiger partial charge in [-0.05, 0) is 44.9 Å². The molecule has 0 aromatic heterocycles. The van der Waals surface area contributed by atoms with Gasteiger partial charge in [0.25, 0.3) is 0 Å². The minimum Gasteiger partial charge on any atom is -0.505 e. The van der Waals surface area contributed by atoms with Crippen LogP contribution in [0.4, 0.5) is 10.1 Å². The lowest BCUT2D eigenvalue weighted by Crippen LogP contribution is -2.44. The Morgan fingerprint density at radius 2 is 1.94 bits per heavy atom. The second kappa shape index (κ2) is 4.43. The normalized spacial score (nSPS) is 31.6. The summed E-state index contributed by atoms with van der Waals surface area (Å²) in [5.74, 6) is -0.847. The maximum Gasteiger partial charge on any atom is 0.166 e. The van der Waals surface area contributed by atoms with Gasteiger partial charge in [0, 0.05) is 29.9 Å². The van der Waals surface area contributed by atoms with E-state index >= 15 is 0 Å². The molecule has 2 saturated heterocycles. The van der Waals surface area contributed by atoms with Crippen molar-refractivity contribution < 1.29 is 9.50 Å². The summed E-state index contributed by atoms with van der Waals surface area (Å²) in [6.45, 7) is 0. The van der Waals surface area contributed by atoms with Crippen LogP contribution in [0.15, 0.2) is 18.2 Å². The minimum atomic E-state index is -0.559. The van der Waals surface area contributed by atoms with E-state index in [0.717, 1.165) is 18.5 Å². The number of phenols is 1. The van der Waals surface area contributed by atoms with Gasteiger partial charge in [0.2, 0.25) is 0 Å². The number of aromatic hydroxyl groups is 1. The number of nitrogens with one attached hydrogen (secondary N) is 1. The second-order valence-corrected chi connectivity index (χ2v) is 5.53. The average Bonchev–Trinajstić information content (AvgIpc) is 2.58. The summed E-state index contributed by atoms with van der Waals surface area (Å²) in [6, 6.07) is 6.27. The summed E-state index contributed by atoms with van der Waals surface area (Å²) in [7, 11) is 2.21. The van der Waals surface area contributed by atoms with Crippen molar-refractivity contribution in [2.24, 2.45) is 0 Å². The van der Waals surface area contributed by atoms with Gasteiger partial charge in [-0.3, -0.25) is 0 Å². The highest BCUT2D eigenvalue weighted by Crippen LogP contribution is 2.35. The number of fused-ring (bicyclic) bond motifs is 2. The van der Waals surface area contributed by atoms with Crippen LogP contribution in [0.3, 0.4) is 0 Å². The van der Waals surface area contributed by atoms with E-state index in [1.165, 1.54) is 25.0 Å². The van der Waals surface area contributed by atoms with Gasteiger partial charge >= 0.3 is 0 Å². The van der Waals surface area contributed by atoms with Crippen LogP contribution >= 0.6 is 0 Å². The smallest absolute Gasteiger partial charge is 0.166 e. The van der Waals surface area contributed by atoms with Crippen LogP contribution in [0, 0.1) is 5.82 Å². The fourth-order valence-electron chi connectivity index (χ4n) is 3.36. The Morgan fingerprint density at radius 3 is 2.56 bits per heavy atom. The maximum atomic E-state index is 13.3. The highest BCUT2D eigenvalue weighted by molar-refractivity contribution is 5.47. The van der Waals surface area contributed by atoms with Gasteiger partial charge in [-0.1, -0.05) is 0 Å². The van der Waals surface area contributed by atoms with E-state index in [4.69, 9.17) is 5.11 Å². The molecule has 4 heteroatoms. The molecule has 0 amide bonds.